The van der Waals surface area contributed by atoms with Crippen LogP contribution in [0.25, 0.3) is 0 Å². The zero-order valence-electron chi connectivity index (χ0n) is 19.6. The first-order chi connectivity index (χ1) is 15.2. The van der Waals surface area contributed by atoms with Crippen LogP contribution in [0.15, 0.2) is 30.3 Å². The Hall–Kier alpha value is -2.08. The molecular formula is C25H43N3O3. The number of nitrogens with one attached hydrogen (secondary N) is 3. The number of unbranched alkanes of at least 4 members (excludes halogenated alkanes) is 8. The largest absolute Gasteiger partial charge is 0.447 e. The Morgan fingerprint density at radius 2 is 1.42 bits per heavy atom. The zero-order chi connectivity index (χ0) is 22.6. The first kappa shape index (κ1) is 27.0. The fourth-order valence-electron chi connectivity index (χ4n) is 3.28. The second-order valence-electron chi connectivity index (χ2n) is 8.06. The third kappa shape index (κ3) is 14.5. The molecule has 1 aromatic rings. The van der Waals surface area contributed by atoms with Crippen molar-refractivity contribution in [2.75, 3.05) is 19.7 Å². The van der Waals surface area contributed by atoms with Crippen LogP contribution in [0.4, 0.5) is 4.79 Å². The number of hydrogen-bond donors (Lipinski definition) is 3. The van der Waals surface area contributed by atoms with E-state index in [0.29, 0.717) is 13.1 Å². The first-order valence-corrected chi connectivity index (χ1v) is 12.1. The van der Waals surface area contributed by atoms with Crippen LogP contribution in [0.3, 0.4) is 0 Å². The molecule has 1 atom stereocenters. The van der Waals surface area contributed by atoms with E-state index >= 15 is 0 Å². The molecule has 0 aromatic heterocycles. The van der Waals surface area contributed by atoms with Crippen molar-refractivity contribution in [1.29, 1.82) is 0 Å². The summed E-state index contributed by atoms with van der Waals surface area (Å²) in [6, 6.07) is 9.14. The van der Waals surface area contributed by atoms with Gasteiger partial charge < -0.3 is 20.7 Å². The van der Waals surface area contributed by atoms with Gasteiger partial charge in [-0.1, -0.05) is 95.5 Å². The van der Waals surface area contributed by atoms with Crippen molar-refractivity contribution in [3.8, 4) is 0 Å². The van der Waals surface area contributed by atoms with Gasteiger partial charge in [0.05, 0.1) is 0 Å². The highest BCUT2D eigenvalue weighted by Gasteiger charge is 2.19. The molecule has 0 heterocycles. The fourth-order valence-corrected chi connectivity index (χ4v) is 3.28. The summed E-state index contributed by atoms with van der Waals surface area (Å²) in [5.74, 6) is -0.0988. The zero-order valence-corrected chi connectivity index (χ0v) is 19.6. The molecule has 1 unspecified atom stereocenters. The Morgan fingerprint density at radius 1 is 0.806 bits per heavy atom. The van der Waals surface area contributed by atoms with Crippen molar-refractivity contribution in [2.24, 2.45) is 0 Å². The molecule has 3 N–H and O–H groups in total. The van der Waals surface area contributed by atoms with Gasteiger partial charge in [-0.25, -0.2) is 4.79 Å². The lowest BCUT2D eigenvalue weighted by atomic mass is 10.1. The van der Waals surface area contributed by atoms with Crippen LogP contribution in [-0.2, 0) is 16.1 Å². The van der Waals surface area contributed by atoms with Crippen molar-refractivity contribution in [2.45, 2.75) is 90.6 Å². The van der Waals surface area contributed by atoms with Gasteiger partial charge in [-0.2, -0.15) is 0 Å². The predicted molar refractivity (Wildman–Crippen MR) is 127 cm³/mol. The lowest BCUT2D eigenvalue weighted by Gasteiger charge is -2.19. The molecule has 0 saturated heterocycles. The minimum Gasteiger partial charge on any atom is -0.447 e. The molecule has 176 valence electrons. The monoisotopic (exact) mass is 433 g/mol. The van der Waals surface area contributed by atoms with Gasteiger partial charge in [-0.15, -0.1) is 0 Å². The minimum absolute atomic E-state index is 0.0251. The number of alkyl carbamates (subject to hydrolysis) is 1. The Kier molecular flexibility index (Phi) is 16.2. The fraction of sp³-hybridized carbons (Fsp3) is 0.680. The van der Waals surface area contributed by atoms with E-state index in [1.54, 1.807) is 0 Å². The van der Waals surface area contributed by atoms with Crippen LogP contribution in [0.5, 0.6) is 0 Å². The summed E-state index contributed by atoms with van der Waals surface area (Å²) in [7, 11) is 0. The van der Waals surface area contributed by atoms with Gasteiger partial charge >= 0.3 is 6.09 Å². The molecule has 1 rings (SSSR count). The maximum atomic E-state index is 12.6. The first-order valence-electron chi connectivity index (χ1n) is 12.1. The van der Waals surface area contributed by atoms with Gasteiger partial charge in [0.25, 0.3) is 0 Å². The van der Waals surface area contributed by atoms with Crippen molar-refractivity contribution in [1.82, 2.24) is 16.0 Å². The van der Waals surface area contributed by atoms with E-state index in [-0.39, 0.29) is 12.5 Å². The van der Waals surface area contributed by atoms with Gasteiger partial charge in [-0.3, -0.25) is 4.79 Å². The van der Waals surface area contributed by atoms with Crippen LogP contribution in [0.2, 0.25) is 0 Å². The number of benzene rings is 1. The highest BCUT2D eigenvalue weighted by molar-refractivity contribution is 5.82. The highest BCUT2D eigenvalue weighted by atomic mass is 16.5. The molecule has 6 heteroatoms. The molecule has 0 aliphatic rings. The number of carbonyl (C=O) groups is 2. The third-order valence-electron chi connectivity index (χ3n) is 5.23. The molecule has 0 radical (unpaired) electrons. The van der Waals surface area contributed by atoms with Crippen molar-refractivity contribution >= 4 is 12.0 Å². The molecule has 0 fully saturated rings. The maximum absolute atomic E-state index is 12.6. The number of ether oxygens (including phenoxy) is 1. The quantitative estimate of drug-likeness (QED) is 0.287. The Balaban J connectivity index is 2.36. The SMILES string of the molecule is CCCCCCCCNC(COC(=O)NCc1ccccc1)C(=O)NCCCCCC. The van der Waals surface area contributed by atoms with E-state index in [4.69, 9.17) is 4.74 Å². The third-order valence-corrected chi connectivity index (χ3v) is 5.23. The van der Waals surface area contributed by atoms with E-state index in [1.807, 2.05) is 30.3 Å². The Labute approximate surface area is 188 Å². The molecule has 0 aliphatic heterocycles. The number of rotatable bonds is 18. The minimum atomic E-state index is -0.524. The summed E-state index contributed by atoms with van der Waals surface area (Å²) in [6.45, 7) is 6.21. The van der Waals surface area contributed by atoms with E-state index in [9.17, 15) is 9.59 Å². The maximum Gasteiger partial charge on any atom is 0.407 e. The highest BCUT2D eigenvalue weighted by Crippen LogP contribution is 2.04. The normalized spacial score (nSPS) is 11.7. The van der Waals surface area contributed by atoms with Crippen molar-refractivity contribution in [3.05, 3.63) is 35.9 Å². The number of amides is 2. The molecule has 31 heavy (non-hydrogen) atoms. The van der Waals surface area contributed by atoms with Gasteiger partial charge in [-0.05, 0) is 24.9 Å². The summed E-state index contributed by atoms with van der Waals surface area (Å²) < 4.78 is 5.33. The Morgan fingerprint density at radius 3 is 2.13 bits per heavy atom. The van der Waals surface area contributed by atoms with E-state index in [2.05, 4.69) is 29.8 Å². The predicted octanol–water partition coefficient (Wildman–Crippen LogP) is 4.93. The van der Waals surface area contributed by atoms with Gasteiger partial charge in [0.1, 0.15) is 12.6 Å². The summed E-state index contributed by atoms with van der Waals surface area (Å²) in [5, 5.41) is 8.99. The van der Waals surface area contributed by atoms with Gasteiger partial charge in [0, 0.05) is 13.1 Å². The molecule has 0 aliphatic carbocycles. The topological polar surface area (TPSA) is 79.5 Å². The standard InChI is InChI=1S/C25H43N3O3/c1-3-5-7-9-10-15-18-26-23(24(29)27-19-14-8-6-4-2)21-31-25(30)28-20-22-16-12-11-13-17-22/h11-13,16-17,23,26H,3-10,14-15,18-21H2,1-2H3,(H,27,29)(H,28,30). The van der Waals surface area contributed by atoms with E-state index in [1.165, 1.54) is 38.5 Å². The van der Waals surface area contributed by atoms with Crippen LogP contribution < -0.4 is 16.0 Å². The number of carbonyl (C=O) groups excluding carboxylic acids is 2. The lowest BCUT2D eigenvalue weighted by Crippen LogP contribution is -2.48. The van der Waals surface area contributed by atoms with Crippen LogP contribution in [0, 0.1) is 0 Å². The average Bonchev–Trinajstić information content (AvgIpc) is 2.79. The van der Waals surface area contributed by atoms with E-state index in [0.717, 1.165) is 37.8 Å². The summed E-state index contributed by atoms with van der Waals surface area (Å²) in [4.78, 5) is 24.6. The smallest absolute Gasteiger partial charge is 0.407 e. The van der Waals surface area contributed by atoms with E-state index < -0.39 is 12.1 Å². The molecule has 0 saturated carbocycles. The van der Waals surface area contributed by atoms with Crippen molar-refractivity contribution < 1.29 is 14.3 Å². The molecule has 2 amide bonds. The molecular weight excluding hydrogens is 390 g/mol. The van der Waals surface area contributed by atoms with Crippen molar-refractivity contribution in [3.63, 3.8) is 0 Å². The van der Waals surface area contributed by atoms with Crippen LogP contribution >= 0.6 is 0 Å². The summed E-state index contributed by atoms with van der Waals surface area (Å²) >= 11 is 0. The Bertz CT molecular complexity index is 581. The second-order valence-corrected chi connectivity index (χ2v) is 8.06. The number of hydrogen-bond acceptors (Lipinski definition) is 4. The van der Waals surface area contributed by atoms with Crippen LogP contribution in [0.1, 0.15) is 83.6 Å². The van der Waals surface area contributed by atoms with Crippen LogP contribution in [-0.4, -0.2) is 37.7 Å². The molecule has 0 bridgehead atoms. The van der Waals surface area contributed by atoms with Gasteiger partial charge in [0.2, 0.25) is 5.91 Å². The lowest BCUT2D eigenvalue weighted by molar-refractivity contribution is -0.124. The second kappa shape index (κ2) is 18.7. The molecule has 1 aromatic carbocycles. The molecule has 6 nitrogen and oxygen atoms in total. The average molecular weight is 434 g/mol. The van der Waals surface area contributed by atoms with Gasteiger partial charge in [0.15, 0.2) is 0 Å². The summed E-state index contributed by atoms with van der Waals surface area (Å²) in [5.41, 5.74) is 1.00. The molecule has 0 spiro atoms. The summed E-state index contributed by atoms with van der Waals surface area (Å²) in [6.07, 6.45) is 11.1.